The van der Waals surface area contributed by atoms with E-state index in [1.54, 1.807) is 6.20 Å². The second-order valence-electron chi connectivity index (χ2n) is 2.41. The zero-order chi connectivity index (χ0) is 8.39. The topological polar surface area (TPSA) is 29.5 Å². The number of fused-ring (bicyclic) bond motifs is 1. The third-order valence-electron chi connectivity index (χ3n) is 1.63. The van der Waals surface area contributed by atoms with Crippen LogP contribution in [0.5, 0.6) is 5.75 Å². The molecule has 0 fully saturated rings. The molecule has 0 atom stereocenters. The molecular formula is C9H7NO2. The zero-order valence-electron chi connectivity index (χ0n) is 6.31. The molecule has 1 aliphatic rings. The Kier molecular flexibility index (Phi) is 1.55. The van der Waals surface area contributed by atoms with E-state index in [1.807, 2.05) is 30.3 Å². The van der Waals surface area contributed by atoms with E-state index in [1.165, 1.54) is 0 Å². The predicted molar refractivity (Wildman–Crippen MR) is 44.0 cm³/mol. The Morgan fingerprint density at radius 3 is 3.00 bits per heavy atom. The standard InChI is InChI=1S/C9H7NO2/c11-7-10-6-5-8-3-1-2-4-9(8)12-10/h1-7H. The molecule has 60 valence electrons. The van der Waals surface area contributed by atoms with Crippen molar-refractivity contribution in [2.24, 2.45) is 0 Å². The van der Waals surface area contributed by atoms with Gasteiger partial charge in [0.15, 0.2) is 5.75 Å². The maximum Gasteiger partial charge on any atom is 0.246 e. The van der Waals surface area contributed by atoms with Gasteiger partial charge in [0, 0.05) is 11.8 Å². The van der Waals surface area contributed by atoms with E-state index in [4.69, 9.17) is 4.84 Å². The lowest BCUT2D eigenvalue weighted by atomic mass is 10.2. The Morgan fingerprint density at radius 1 is 1.33 bits per heavy atom. The van der Waals surface area contributed by atoms with Crippen molar-refractivity contribution in [2.45, 2.75) is 0 Å². The molecular weight excluding hydrogens is 154 g/mol. The normalized spacial score (nSPS) is 13.5. The Hall–Kier alpha value is -1.77. The number of carbonyl (C=O) groups excluding carboxylic acids is 1. The molecule has 0 spiro atoms. The maximum absolute atomic E-state index is 10.3. The number of benzene rings is 1. The van der Waals surface area contributed by atoms with Gasteiger partial charge in [0.2, 0.25) is 6.41 Å². The lowest BCUT2D eigenvalue weighted by Gasteiger charge is -2.18. The molecule has 2 rings (SSSR count). The number of hydrogen-bond acceptors (Lipinski definition) is 2. The van der Waals surface area contributed by atoms with Gasteiger partial charge in [-0.25, -0.2) is 0 Å². The lowest BCUT2D eigenvalue weighted by molar-refractivity contribution is -0.133. The minimum absolute atomic E-state index is 0.617. The molecule has 0 unspecified atom stereocenters. The summed E-state index contributed by atoms with van der Waals surface area (Å²) in [5.74, 6) is 0.701. The molecule has 3 nitrogen and oxygen atoms in total. The average molecular weight is 161 g/mol. The number of hydrogen-bond donors (Lipinski definition) is 0. The van der Waals surface area contributed by atoms with Gasteiger partial charge in [0.25, 0.3) is 0 Å². The molecule has 0 saturated carbocycles. The van der Waals surface area contributed by atoms with Crippen LogP contribution in [-0.4, -0.2) is 11.5 Å². The smallest absolute Gasteiger partial charge is 0.246 e. The first-order valence-electron chi connectivity index (χ1n) is 3.59. The lowest BCUT2D eigenvalue weighted by Crippen LogP contribution is -2.21. The van der Waals surface area contributed by atoms with Crippen molar-refractivity contribution in [3.05, 3.63) is 36.0 Å². The molecule has 0 saturated heterocycles. The van der Waals surface area contributed by atoms with Crippen LogP contribution in [0.4, 0.5) is 0 Å². The average Bonchev–Trinajstić information content (AvgIpc) is 2.17. The van der Waals surface area contributed by atoms with Crippen LogP contribution < -0.4 is 4.84 Å². The van der Waals surface area contributed by atoms with E-state index in [-0.39, 0.29) is 0 Å². The molecule has 3 heteroatoms. The van der Waals surface area contributed by atoms with Crippen LogP contribution in [0.25, 0.3) is 6.08 Å². The molecule has 0 aromatic heterocycles. The highest BCUT2D eigenvalue weighted by Crippen LogP contribution is 2.23. The summed E-state index contributed by atoms with van der Waals surface area (Å²) < 4.78 is 0. The summed E-state index contributed by atoms with van der Waals surface area (Å²) in [5, 5.41) is 1.13. The highest BCUT2D eigenvalue weighted by molar-refractivity contribution is 5.62. The van der Waals surface area contributed by atoms with E-state index >= 15 is 0 Å². The molecule has 0 bridgehead atoms. The quantitative estimate of drug-likeness (QED) is 0.583. The Morgan fingerprint density at radius 2 is 2.17 bits per heavy atom. The molecule has 1 aliphatic heterocycles. The summed E-state index contributed by atoms with van der Waals surface area (Å²) in [6.45, 7) is 0. The summed E-state index contributed by atoms with van der Waals surface area (Å²) in [4.78, 5) is 15.5. The van der Waals surface area contributed by atoms with E-state index in [2.05, 4.69) is 0 Å². The first-order chi connectivity index (χ1) is 5.90. The van der Waals surface area contributed by atoms with Crippen LogP contribution in [0.2, 0.25) is 0 Å². The predicted octanol–water partition coefficient (Wildman–Crippen LogP) is 1.42. The van der Waals surface area contributed by atoms with Gasteiger partial charge in [-0.3, -0.25) is 4.79 Å². The number of hydroxylamine groups is 2. The van der Waals surface area contributed by atoms with Crippen LogP contribution in [-0.2, 0) is 4.79 Å². The Bertz CT molecular complexity index is 333. The van der Waals surface area contributed by atoms with Gasteiger partial charge in [-0.1, -0.05) is 18.2 Å². The second-order valence-corrected chi connectivity index (χ2v) is 2.41. The van der Waals surface area contributed by atoms with E-state index in [0.29, 0.717) is 12.2 Å². The summed E-state index contributed by atoms with van der Waals surface area (Å²) in [6, 6.07) is 7.52. The first-order valence-corrected chi connectivity index (χ1v) is 3.59. The minimum Gasteiger partial charge on any atom is -0.372 e. The van der Waals surface area contributed by atoms with Gasteiger partial charge in [0.05, 0.1) is 0 Å². The summed E-state index contributed by atoms with van der Waals surface area (Å²) >= 11 is 0. The molecule has 0 N–H and O–H groups in total. The van der Waals surface area contributed by atoms with Crippen molar-refractivity contribution >= 4 is 12.5 Å². The van der Waals surface area contributed by atoms with E-state index in [0.717, 1.165) is 10.6 Å². The Balaban J connectivity index is 2.39. The fraction of sp³-hybridized carbons (Fsp3) is 0. The summed E-state index contributed by atoms with van der Waals surface area (Å²) in [5.41, 5.74) is 0.982. The van der Waals surface area contributed by atoms with Gasteiger partial charge in [-0.15, -0.1) is 0 Å². The van der Waals surface area contributed by atoms with Gasteiger partial charge in [0.1, 0.15) is 0 Å². The first kappa shape index (κ1) is 6.91. The van der Waals surface area contributed by atoms with Crippen molar-refractivity contribution in [3.8, 4) is 5.75 Å². The van der Waals surface area contributed by atoms with Crippen molar-refractivity contribution in [1.82, 2.24) is 5.06 Å². The highest BCUT2D eigenvalue weighted by Gasteiger charge is 2.08. The molecule has 1 aromatic carbocycles. The van der Waals surface area contributed by atoms with Crippen LogP contribution in [0.1, 0.15) is 5.56 Å². The van der Waals surface area contributed by atoms with Crippen LogP contribution in [0.15, 0.2) is 30.5 Å². The third kappa shape index (κ3) is 1.05. The van der Waals surface area contributed by atoms with Crippen molar-refractivity contribution in [1.29, 1.82) is 0 Å². The second kappa shape index (κ2) is 2.70. The van der Waals surface area contributed by atoms with Gasteiger partial charge in [-0.2, -0.15) is 5.06 Å². The third-order valence-corrected chi connectivity index (χ3v) is 1.63. The number of rotatable bonds is 1. The summed E-state index contributed by atoms with van der Waals surface area (Å²) in [7, 11) is 0. The highest BCUT2D eigenvalue weighted by atomic mass is 16.7. The molecule has 12 heavy (non-hydrogen) atoms. The van der Waals surface area contributed by atoms with Crippen molar-refractivity contribution in [2.75, 3.05) is 0 Å². The molecule has 1 amide bonds. The van der Waals surface area contributed by atoms with Crippen LogP contribution in [0.3, 0.4) is 0 Å². The number of amides is 1. The fourth-order valence-corrected chi connectivity index (χ4v) is 1.06. The van der Waals surface area contributed by atoms with Crippen LogP contribution >= 0.6 is 0 Å². The van der Waals surface area contributed by atoms with Crippen LogP contribution in [0, 0.1) is 0 Å². The summed E-state index contributed by atoms with van der Waals surface area (Å²) in [6.07, 6.45) is 4.02. The van der Waals surface area contributed by atoms with Crippen molar-refractivity contribution in [3.63, 3.8) is 0 Å². The SMILES string of the molecule is O=CN1C=Cc2ccccc2O1. The van der Waals surface area contributed by atoms with Gasteiger partial charge < -0.3 is 4.84 Å². The molecule has 0 radical (unpaired) electrons. The number of carbonyl (C=O) groups is 1. The minimum atomic E-state index is 0.617. The zero-order valence-corrected chi connectivity index (χ0v) is 6.31. The van der Waals surface area contributed by atoms with E-state index in [9.17, 15) is 4.79 Å². The van der Waals surface area contributed by atoms with Gasteiger partial charge >= 0.3 is 0 Å². The Labute approximate surface area is 69.8 Å². The largest absolute Gasteiger partial charge is 0.372 e. The number of para-hydroxylation sites is 1. The fourth-order valence-electron chi connectivity index (χ4n) is 1.06. The molecule has 1 aromatic rings. The van der Waals surface area contributed by atoms with Gasteiger partial charge in [-0.05, 0) is 12.1 Å². The maximum atomic E-state index is 10.3. The molecule has 0 aliphatic carbocycles. The van der Waals surface area contributed by atoms with Crippen molar-refractivity contribution < 1.29 is 9.63 Å². The monoisotopic (exact) mass is 161 g/mol. The van der Waals surface area contributed by atoms with E-state index < -0.39 is 0 Å². The number of nitrogens with zero attached hydrogens (tertiary/aromatic N) is 1. The molecule has 1 heterocycles.